The van der Waals surface area contributed by atoms with Gasteiger partial charge in [0.15, 0.2) is 0 Å². The number of rotatable bonds is 5. The van der Waals surface area contributed by atoms with E-state index in [0.717, 1.165) is 19.4 Å². The van der Waals surface area contributed by atoms with Crippen LogP contribution in [0.2, 0.25) is 0 Å². The quantitative estimate of drug-likeness (QED) is 0.714. The third kappa shape index (κ3) is 5.50. The Morgan fingerprint density at radius 2 is 1.80 bits per heavy atom. The summed E-state index contributed by atoms with van der Waals surface area (Å²) in [6.45, 7) is 4.15. The lowest BCUT2D eigenvalue weighted by Gasteiger charge is -2.26. The van der Waals surface area contributed by atoms with Gasteiger partial charge in [-0.25, -0.2) is 0 Å². The van der Waals surface area contributed by atoms with Gasteiger partial charge in [-0.3, -0.25) is 0 Å². The molecule has 3 heteroatoms. The standard InChI is InChI=1S/C12H25NO2/c1-2-14-9-10-15-12-8-6-4-3-5-7-11(12)13/h11-12H,2-10,13H2,1H3. The number of nitrogens with two attached hydrogens (primary N) is 1. The summed E-state index contributed by atoms with van der Waals surface area (Å²) in [7, 11) is 0. The van der Waals surface area contributed by atoms with E-state index in [0.29, 0.717) is 13.2 Å². The summed E-state index contributed by atoms with van der Waals surface area (Å²) in [5.74, 6) is 0. The van der Waals surface area contributed by atoms with E-state index in [4.69, 9.17) is 15.2 Å². The van der Waals surface area contributed by atoms with Crippen molar-refractivity contribution in [3.8, 4) is 0 Å². The van der Waals surface area contributed by atoms with Gasteiger partial charge in [0.25, 0.3) is 0 Å². The van der Waals surface area contributed by atoms with Crippen molar-refractivity contribution in [3.05, 3.63) is 0 Å². The summed E-state index contributed by atoms with van der Waals surface area (Å²) in [6, 6.07) is 0.229. The Morgan fingerprint density at radius 3 is 2.53 bits per heavy atom. The Morgan fingerprint density at radius 1 is 1.07 bits per heavy atom. The molecule has 1 saturated carbocycles. The Labute approximate surface area is 93.3 Å². The lowest BCUT2D eigenvalue weighted by molar-refractivity contribution is -0.0116. The van der Waals surface area contributed by atoms with Crippen LogP contribution in [0.4, 0.5) is 0 Å². The molecule has 3 nitrogen and oxygen atoms in total. The first-order valence-electron chi connectivity index (χ1n) is 6.29. The van der Waals surface area contributed by atoms with Gasteiger partial charge in [-0.1, -0.05) is 25.7 Å². The zero-order chi connectivity index (χ0) is 10.9. The molecule has 0 spiro atoms. The van der Waals surface area contributed by atoms with Crippen LogP contribution in [-0.2, 0) is 9.47 Å². The smallest absolute Gasteiger partial charge is 0.0727 e. The first-order chi connectivity index (χ1) is 7.34. The normalized spacial score (nSPS) is 28.4. The van der Waals surface area contributed by atoms with E-state index >= 15 is 0 Å². The van der Waals surface area contributed by atoms with Crippen LogP contribution < -0.4 is 5.73 Å². The van der Waals surface area contributed by atoms with Crippen LogP contribution in [0.1, 0.15) is 45.4 Å². The van der Waals surface area contributed by atoms with Gasteiger partial charge in [-0.2, -0.15) is 0 Å². The zero-order valence-corrected chi connectivity index (χ0v) is 9.91. The Kier molecular flexibility index (Phi) is 6.98. The molecule has 0 saturated heterocycles. The monoisotopic (exact) mass is 215 g/mol. The van der Waals surface area contributed by atoms with E-state index in [2.05, 4.69) is 0 Å². The maximum atomic E-state index is 6.10. The molecular formula is C12H25NO2. The van der Waals surface area contributed by atoms with Crippen LogP contribution in [0.15, 0.2) is 0 Å². The average molecular weight is 215 g/mol. The molecule has 0 aromatic carbocycles. The summed E-state index contributed by atoms with van der Waals surface area (Å²) in [4.78, 5) is 0. The average Bonchev–Trinajstić information content (AvgIpc) is 2.22. The predicted octanol–water partition coefficient (Wildman–Crippen LogP) is 2.09. The summed E-state index contributed by atoms with van der Waals surface area (Å²) in [5.41, 5.74) is 6.10. The Bertz CT molecular complexity index is 153. The van der Waals surface area contributed by atoms with Gasteiger partial charge >= 0.3 is 0 Å². The lowest BCUT2D eigenvalue weighted by atomic mass is 9.95. The van der Waals surface area contributed by atoms with Crippen LogP contribution in [0.5, 0.6) is 0 Å². The highest BCUT2D eigenvalue weighted by Gasteiger charge is 2.19. The molecule has 0 aromatic heterocycles. The molecule has 1 rings (SSSR count). The number of ether oxygens (including phenoxy) is 2. The first-order valence-corrected chi connectivity index (χ1v) is 6.29. The van der Waals surface area contributed by atoms with Crippen molar-refractivity contribution in [3.63, 3.8) is 0 Å². The van der Waals surface area contributed by atoms with Crippen molar-refractivity contribution in [2.24, 2.45) is 5.73 Å². The van der Waals surface area contributed by atoms with Crippen molar-refractivity contribution >= 4 is 0 Å². The second-order valence-corrected chi connectivity index (χ2v) is 4.26. The SMILES string of the molecule is CCOCCOC1CCCCCCC1N. The van der Waals surface area contributed by atoms with Gasteiger partial charge < -0.3 is 15.2 Å². The van der Waals surface area contributed by atoms with E-state index < -0.39 is 0 Å². The number of hydrogen-bond donors (Lipinski definition) is 1. The lowest BCUT2D eigenvalue weighted by Crippen LogP contribution is -2.38. The molecule has 15 heavy (non-hydrogen) atoms. The molecule has 2 N–H and O–H groups in total. The van der Waals surface area contributed by atoms with Gasteiger partial charge in [-0.15, -0.1) is 0 Å². The van der Waals surface area contributed by atoms with Crippen molar-refractivity contribution in [2.45, 2.75) is 57.6 Å². The third-order valence-electron chi connectivity index (χ3n) is 3.02. The van der Waals surface area contributed by atoms with Crippen molar-refractivity contribution < 1.29 is 9.47 Å². The third-order valence-corrected chi connectivity index (χ3v) is 3.02. The summed E-state index contributed by atoms with van der Waals surface area (Å²) >= 11 is 0. The molecule has 1 aliphatic carbocycles. The summed E-state index contributed by atoms with van der Waals surface area (Å²) in [6.07, 6.45) is 7.66. The molecule has 1 aliphatic rings. The molecule has 2 atom stereocenters. The summed E-state index contributed by atoms with van der Waals surface area (Å²) in [5, 5.41) is 0. The fraction of sp³-hybridized carbons (Fsp3) is 1.00. The van der Waals surface area contributed by atoms with Gasteiger partial charge in [0.1, 0.15) is 0 Å². The fourth-order valence-corrected chi connectivity index (χ4v) is 2.09. The van der Waals surface area contributed by atoms with E-state index in [-0.39, 0.29) is 12.1 Å². The highest BCUT2D eigenvalue weighted by atomic mass is 16.5. The molecule has 2 unspecified atom stereocenters. The molecule has 0 amide bonds. The minimum atomic E-state index is 0.229. The van der Waals surface area contributed by atoms with Crippen molar-refractivity contribution in [1.82, 2.24) is 0 Å². The maximum absolute atomic E-state index is 6.10. The van der Waals surface area contributed by atoms with E-state index in [9.17, 15) is 0 Å². The fourth-order valence-electron chi connectivity index (χ4n) is 2.09. The predicted molar refractivity (Wildman–Crippen MR) is 61.9 cm³/mol. The van der Waals surface area contributed by atoms with Crippen LogP contribution in [0.25, 0.3) is 0 Å². The second-order valence-electron chi connectivity index (χ2n) is 4.26. The molecule has 1 fully saturated rings. The molecule has 0 bridgehead atoms. The molecule has 0 aliphatic heterocycles. The van der Waals surface area contributed by atoms with Gasteiger partial charge in [0.05, 0.1) is 19.3 Å². The zero-order valence-electron chi connectivity index (χ0n) is 9.91. The maximum Gasteiger partial charge on any atom is 0.0727 e. The van der Waals surface area contributed by atoms with Crippen LogP contribution >= 0.6 is 0 Å². The van der Waals surface area contributed by atoms with E-state index in [1.165, 1.54) is 25.7 Å². The molecule has 0 heterocycles. The largest absolute Gasteiger partial charge is 0.379 e. The van der Waals surface area contributed by atoms with Gasteiger partial charge in [0.2, 0.25) is 0 Å². The topological polar surface area (TPSA) is 44.5 Å². The minimum Gasteiger partial charge on any atom is -0.379 e. The molecular weight excluding hydrogens is 190 g/mol. The molecule has 0 aromatic rings. The van der Waals surface area contributed by atoms with Crippen LogP contribution in [0, 0.1) is 0 Å². The van der Waals surface area contributed by atoms with Gasteiger partial charge in [0, 0.05) is 12.6 Å². The summed E-state index contributed by atoms with van der Waals surface area (Å²) < 4.78 is 11.0. The Balaban J connectivity index is 2.17. The molecule has 90 valence electrons. The highest BCUT2D eigenvalue weighted by molar-refractivity contribution is 4.75. The van der Waals surface area contributed by atoms with Crippen LogP contribution in [-0.4, -0.2) is 32.0 Å². The minimum absolute atomic E-state index is 0.229. The van der Waals surface area contributed by atoms with E-state index in [1.807, 2.05) is 6.92 Å². The van der Waals surface area contributed by atoms with Crippen molar-refractivity contribution in [2.75, 3.05) is 19.8 Å². The van der Waals surface area contributed by atoms with Crippen molar-refractivity contribution in [1.29, 1.82) is 0 Å². The highest BCUT2D eigenvalue weighted by Crippen LogP contribution is 2.18. The first kappa shape index (κ1) is 12.9. The molecule has 0 radical (unpaired) electrons. The van der Waals surface area contributed by atoms with Gasteiger partial charge in [-0.05, 0) is 19.8 Å². The van der Waals surface area contributed by atoms with Crippen LogP contribution in [0.3, 0.4) is 0 Å². The van der Waals surface area contributed by atoms with E-state index in [1.54, 1.807) is 0 Å². The second kappa shape index (κ2) is 8.08. The number of hydrogen-bond acceptors (Lipinski definition) is 3. The Hall–Kier alpha value is -0.120.